The average Bonchev–Trinajstić information content (AvgIpc) is 2.72. The number of sulfone groups is 1. The molecule has 0 spiro atoms. The Bertz CT molecular complexity index is 548. The first-order chi connectivity index (χ1) is 7.83. The first-order valence-electron chi connectivity index (χ1n) is 5.18. The molecule has 2 heterocycles. The van der Waals surface area contributed by atoms with Crippen molar-refractivity contribution in [2.45, 2.75) is 19.8 Å². The van der Waals surface area contributed by atoms with Crippen molar-refractivity contribution >= 4 is 27.1 Å². The number of aliphatic carboxylic acids is 1. The van der Waals surface area contributed by atoms with Crippen LogP contribution in [0, 0.1) is 12.3 Å². The van der Waals surface area contributed by atoms with Gasteiger partial charge in [-0.3, -0.25) is 4.79 Å². The first kappa shape index (κ1) is 12.5. The SMILES string of the molecule is Cc1csc(CC2(C(=O)O)CCS(=O)(=O)C2)n1. The fraction of sp³-hybridized carbons (Fsp3) is 0.600. The van der Waals surface area contributed by atoms with Crippen molar-refractivity contribution in [3.63, 3.8) is 0 Å². The molecule has 1 saturated heterocycles. The minimum absolute atomic E-state index is 0.0380. The van der Waals surface area contributed by atoms with Gasteiger partial charge < -0.3 is 5.11 Å². The van der Waals surface area contributed by atoms with Gasteiger partial charge in [-0.2, -0.15) is 0 Å². The molecule has 0 aromatic carbocycles. The smallest absolute Gasteiger partial charge is 0.311 e. The Morgan fingerprint density at radius 2 is 2.35 bits per heavy atom. The van der Waals surface area contributed by atoms with Crippen LogP contribution in [0.3, 0.4) is 0 Å². The van der Waals surface area contributed by atoms with E-state index in [4.69, 9.17) is 0 Å². The lowest BCUT2D eigenvalue weighted by Crippen LogP contribution is -2.34. The highest BCUT2D eigenvalue weighted by Gasteiger charge is 2.48. The second-order valence-corrected chi connectivity index (χ2v) is 7.61. The van der Waals surface area contributed by atoms with Crippen LogP contribution in [0.5, 0.6) is 0 Å². The van der Waals surface area contributed by atoms with Crippen molar-refractivity contribution in [1.82, 2.24) is 4.98 Å². The molecule has 0 bridgehead atoms. The molecule has 17 heavy (non-hydrogen) atoms. The lowest BCUT2D eigenvalue weighted by molar-refractivity contribution is -0.147. The molecule has 0 aliphatic carbocycles. The lowest BCUT2D eigenvalue weighted by atomic mass is 9.84. The number of nitrogens with zero attached hydrogens (tertiary/aromatic N) is 1. The van der Waals surface area contributed by atoms with Crippen LogP contribution in [0.4, 0.5) is 0 Å². The van der Waals surface area contributed by atoms with Gasteiger partial charge in [-0.25, -0.2) is 13.4 Å². The third kappa shape index (κ3) is 2.50. The predicted molar refractivity (Wildman–Crippen MR) is 63.9 cm³/mol. The summed E-state index contributed by atoms with van der Waals surface area (Å²) in [4.78, 5) is 15.5. The summed E-state index contributed by atoms with van der Waals surface area (Å²) < 4.78 is 22.9. The monoisotopic (exact) mass is 275 g/mol. The highest BCUT2D eigenvalue weighted by atomic mass is 32.2. The number of hydrogen-bond donors (Lipinski definition) is 1. The van der Waals surface area contributed by atoms with Crippen LogP contribution in [0.2, 0.25) is 0 Å². The standard InChI is InChI=1S/C10H13NO4S2/c1-7-5-16-8(11-7)4-10(9(12)13)2-3-17(14,15)6-10/h5H,2-4,6H2,1H3,(H,12,13). The third-order valence-corrected chi connectivity index (χ3v) is 5.78. The van der Waals surface area contributed by atoms with E-state index in [1.807, 2.05) is 12.3 Å². The minimum atomic E-state index is -3.22. The zero-order valence-corrected chi connectivity index (χ0v) is 11.0. The van der Waals surface area contributed by atoms with Crippen LogP contribution in [-0.4, -0.2) is 36.0 Å². The molecule has 1 atom stereocenters. The van der Waals surface area contributed by atoms with Gasteiger partial charge in [-0.1, -0.05) is 0 Å². The fourth-order valence-corrected chi connectivity index (χ4v) is 5.05. The van der Waals surface area contributed by atoms with E-state index < -0.39 is 21.2 Å². The van der Waals surface area contributed by atoms with Crippen LogP contribution in [0.1, 0.15) is 17.1 Å². The number of carboxylic acids is 1. The maximum Gasteiger partial charge on any atom is 0.311 e. The normalized spacial score (nSPS) is 27.1. The van der Waals surface area contributed by atoms with Crippen LogP contribution in [0.15, 0.2) is 5.38 Å². The molecule has 0 saturated carbocycles. The molecule has 1 aliphatic heterocycles. The Labute approximate surface area is 103 Å². The van der Waals surface area contributed by atoms with Gasteiger partial charge in [0.1, 0.15) is 0 Å². The number of carboxylic acid groups (broad SMARTS) is 1. The van der Waals surface area contributed by atoms with Gasteiger partial charge in [0, 0.05) is 17.5 Å². The van der Waals surface area contributed by atoms with E-state index in [1.54, 1.807) is 0 Å². The van der Waals surface area contributed by atoms with E-state index in [1.165, 1.54) is 11.3 Å². The summed E-state index contributed by atoms with van der Waals surface area (Å²) in [5.74, 6) is -1.34. The molecule has 1 aliphatic rings. The Morgan fingerprint density at radius 1 is 1.65 bits per heavy atom. The maximum atomic E-state index is 11.5. The number of thiazole rings is 1. The van der Waals surface area contributed by atoms with Crippen molar-refractivity contribution in [3.8, 4) is 0 Å². The van der Waals surface area contributed by atoms with Gasteiger partial charge in [0.25, 0.3) is 0 Å². The van der Waals surface area contributed by atoms with Crippen molar-refractivity contribution in [2.75, 3.05) is 11.5 Å². The van der Waals surface area contributed by atoms with Crippen LogP contribution >= 0.6 is 11.3 Å². The molecule has 2 rings (SSSR count). The van der Waals surface area contributed by atoms with Crippen molar-refractivity contribution in [2.24, 2.45) is 5.41 Å². The van der Waals surface area contributed by atoms with Gasteiger partial charge in [0.15, 0.2) is 9.84 Å². The quantitative estimate of drug-likeness (QED) is 0.885. The van der Waals surface area contributed by atoms with Gasteiger partial charge in [-0.05, 0) is 13.3 Å². The molecule has 94 valence electrons. The van der Waals surface area contributed by atoms with Crippen molar-refractivity contribution < 1.29 is 18.3 Å². The van der Waals surface area contributed by atoms with E-state index in [2.05, 4.69) is 4.98 Å². The molecule has 1 aromatic rings. The zero-order valence-electron chi connectivity index (χ0n) is 9.34. The summed E-state index contributed by atoms with van der Waals surface area (Å²) in [6.45, 7) is 1.83. The topological polar surface area (TPSA) is 84.3 Å². The molecule has 1 N–H and O–H groups in total. The highest BCUT2D eigenvalue weighted by Crippen LogP contribution is 2.36. The predicted octanol–water partition coefficient (Wildman–Crippen LogP) is 0.884. The summed E-state index contributed by atoms with van der Waals surface area (Å²) in [6.07, 6.45) is 0.392. The number of aryl methyl sites for hydroxylation is 1. The number of carbonyl (C=O) groups is 1. The Balaban J connectivity index is 2.28. The van der Waals surface area contributed by atoms with Crippen LogP contribution in [-0.2, 0) is 21.1 Å². The van der Waals surface area contributed by atoms with E-state index in [-0.39, 0.29) is 24.3 Å². The molecule has 0 radical (unpaired) electrons. The largest absolute Gasteiger partial charge is 0.481 e. The number of hydrogen-bond acceptors (Lipinski definition) is 5. The lowest BCUT2D eigenvalue weighted by Gasteiger charge is -2.20. The fourth-order valence-electron chi connectivity index (χ4n) is 2.07. The van der Waals surface area contributed by atoms with Gasteiger partial charge >= 0.3 is 5.97 Å². The number of rotatable bonds is 3. The summed E-state index contributed by atoms with van der Waals surface area (Å²) in [5, 5.41) is 11.8. The van der Waals surface area contributed by atoms with E-state index in [0.717, 1.165) is 5.69 Å². The van der Waals surface area contributed by atoms with E-state index in [9.17, 15) is 18.3 Å². The molecule has 0 amide bonds. The van der Waals surface area contributed by atoms with Crippen molar-refractivity contribution in [3.05, 3.63) is 16.1 Å². The molecule has 1 unspecified atom stereocenters. The second-order valence-electron chi connectivity index (χ2n) is 4.49. The Kier molecular flexibility index (Phi) is 2.99. The summed E-state index contributed by atoms with van der Waals surface area (Å²) in [6, 6.07) is 0. The van der Waals surface area contributed by atoms with Crippen LogP contribution < -0.4 is 0 Å². The Morgan fingerprint density at radius 3 is 2.76 bits per heavy atom. The zero-order chi connectivity index (χ0) is 12.7. The molecule has 1 fully saturated rings. The summed E-state index contributed by atoms with van der Waals surface area (Å²) in [7, 11) is -3.22. The summed E-state index contributed by atoms with van der Waals surface area (Å²) >= 11 is 1.38. The Hall–Kier alpha value is -0.950. The number of aromatic nitrogens is 1. The molecular formula is C10H13NO4S2. The van der Waals surface area contributed by atoms with E-state index >= 15 is 0 Å². The molecule has 1 aromatic heterocycles. The molecule has 5 nitrogen and oxygen atoms in total. The molecule has 7 heteroatoms. The maximum absolute atomic E-state index is 11.5. The van der Waals surface area contributed by atoms with Gasteiger partial charge in [0.05, 0.1) is 21.9 Å². The third-order valence-electron chi connectivity index (χ3n) is 3.00. The summed E-state index contributed by atoms with van der Waals surface area (Å²) in [5.41, 5.74) is -0.338. The van der Waals surface area contributed by atoms with Gasteiger partial charge in [-0.15, -0.1) is 11.3 Å². The van der Waals surface area contributed by atoms with Crippen molar-refractivity contribution in [1.29, 1.82) is 0 Å². The minimum Gasteiger partial charge on any atom is -0.481 e. The first-order valence-corrected chi connectivity index (χ1v) is 7.88. The second kappa shape index (κ2) is 4.06. The van der Waals surface area contributed by atoms with Crippen LogP contribution in [0.25, 0.3) is 0 Å². The molecular weight excluding hydrogens is 262 g/mol. The highest BCUT2D eigenvalue weighted by molar-refractivity contribution is 7.91. The average molecular weight is 275 g/mol. The van der Waals surface area contributed by atoms with E-state index in [0.29, 0.717) is 5.01 Å². The van der Waals surface area contributed by atoms with Gasteiger partial charge in [0.2, 0.25) is 0 Å².